The first-order chi connectivity index (χ1) is 7.81. The highest BCUT2D eigenvalue weighted by atomic mass is 35.5. The summed E-state index contributed by atoms with van der Waals surface area (Å²) < 4.78 is 1.97. The van der Waals surface area contributed by atoms with Crippen molar-refractivity contribution in [2.75, 3.05) is 0 Å². The van der Waals surface area contributed by atoms with Gasteiger partial charge in [0, 0.05) is 25.0 Å². The van der Waals surface area contributed by atoms with E-state index < -0.39 is 0 Å². The standard InChI is InChI=1S/C12H14ClN3/c13-9-4-5-12-15-11(8-16(12)7-9)6-14-10-2-1-3-10/h4-5,7-8,10,14H,1-3,6H2. The van der Waals surface area contributed by atoms with E-state index in [2.05, 4.69) is 10.3 Å². The maximum absolute atomic E-state index is 5.92. The van der Waals surface area contributed by atoms with E-state index in [4.69, 9.17) is 11.6 Å². The fraction of sp³-hybridized carbons (Fsp3) is 0.417. The summed E-state index contributed by atoms with van der Waals surface area (Å²) in [4.78, 5) is 4.53. The molecule has 0 saturated heterocycles. The average Bonchev–Trinajstić information content (AvgIpc) is 2.57. The lowest BCUT2D eigenvalue weighted by Gasteiger charge is -2.26. The van der Waals surface area contributed by atoms with E-state index in [1.165, 1.54) is 19.3 Å². The van der Waals surface area contributed by atoms with E-state index in [1.54, 1.807) is 0 Å². The first-order valence-electron chi connectivity index (χ1n) is 5.68. The van der Waals surface area contributed by atoms with Gasteiger partial charge in [0.25, 0.3) is 0 Å². The molecule has 0 unspecified atom stereocenters. The van der Waals surface area contributed by atoms with Crippen LogP contribution in [0.1, 0.15) is 25.0 Å². The Balaban J connectivity index is 1.76. The number of imidazole rings is 1. The molecule has 1 fully saturated rings. The molecule has 2 aromatic rings. The minimum atomic E-state index is 0.702. The van der Waals surface area contributed by atoms with Crippen LogP contribution in [0.3, 0.4) is 0 Å². The molecule has 1 aliphatic carbocycles. The molecule has 0 aliphatic heterocycles. The van der Waals surface area contributed by atoms with Gasteiger partial charge in [0.2, 0.25) is 0 Å². The summed E-state index contributed by atoms with van der Waals surface area (Å²) >= 11 is 5.92. The zero-order valence-electron chi connectivity index (χ0n) is 8.99. The molecule has 0 radical (unpaired) electrons. The summed E-state index contributed by atoms with van der Waals surface area (Å²) in [5.41, 5.74) is 2.03. The monoisotopic (exact) mass is 235 g/mol. The topological polar surface area (TPSA) is 29.3 Å². The number of pyridine rings is 1. The van der Waals surface area contributed by atoms with Gasteiger partial charge in [0.05, 0.1) is 10.7 Å². The van der Waals surface area contributed by atoms with Crippen molar-refractivity contribution in [2.24, 2.45) is 0 Å². The number of nitrogens with one attached hydrogen (secondary N) is 1. The van der Waals surface area contributed by atoms with Crippen LogP contribution in [0.15, 0.2) is 24.5 Å². The van der Waals surface area contributed by atoms with Gasteiger partial charge in [-0.25, -0.2) is 4.98 Å². The summed E-state index contributed by atoms with van der Waals surface area (Å²) in [7, 11) is 0. The van der Waals surface area contributed by atoms with Crippen LogP contribution in [0.2, 0.25) is 5.02 Å². The van der Waals surface area contributed by atoms with Crippen LogP contribution < -0.4 is 5.32 Å². The Morgan fingerprint density at radius 3 is 3.00 bits per heavy atom. The van der Waals surface area contributed by atoms with Crippen molar-refractivity contribution >= 4 is 17.2 Å². The minimum absolute atomic E-state index is 0.702. The molecule has 84 valence electrons. The smallest absolute Gasteiger partial charge is 0.137 e. The van der Waals surface area contributed by atoms with Gasteiger partial charge in [-0.1, -0.05) is 18.0 Å². The van der Waals surface area contributed by atoms with Gasteiger partial charge >= 0.3 is 0 Å². The van der Waals surface area contributed by atoms with Crippen LogP contribution in [0.25, 0.3) is 5.65 Å². The van der Waals surface area contributed by atoms with Crippen molar-refractivity contribution in [1.29, 1.82) is 0 Å². The lowest BCUT2D eigenvalue weighted by atomic mass is 9.93. The second-order valence-corrected chi connectivity index (χ2v) is 4.79. The van der Waals surface area contributed by atoms with Crippen LogP contribution in [-0.2, 0) is 6.54 Å². The largest absolute Gasteiger partial charge is 0.308 e. The number of rotatable bonds is 3. The molecule has 0 spiro atoms. The lowest BCUT2D eigenvalue weighted by Crippen LogP contribution is -2.34. The normalized spacial score (nSPS) is 16.6. The number of halogens is 1. The molecule has 0 atom stereocenters. The molecular weight excluding hydrogens is 222 g/mol. The lowest BCUT2D eigenvalue weighted by molar-refractivity contribution is 0.337. The van der Waals surface area contributed by atoms with E-state index in [-0.39, 0.29) is 0 Å². The quantitative estimate of drug-likeness (QED) is 0.886. The Labute approximate surface area is 99.4 Å². The zero-order chi connectivity index (χ0) is 11.0. The molecule has 16 heavy (non-hydrogen) atoms. The molecule has 1 aliphatic rings. The molecule has 1 saturated carbocycles. The fourth-order valence-corrected chi connectivity index (χ4v) is 2.13. The van der Waals surface area contributed by atoms with Gasteiger partial charge in [0.15, 0.2) is 0 Å². The van der Waals surface area contributed by atoms with Gasteiger partial charge in [0.1, 0.15) is 5.65 Å². The fourth-order valence-electron chi connectivity index (χ4n) is 1.96. The van der Waals surface area contributed by atoms with E-state index in [1.807, 2.05) is 28.9 Å². The Kier molecular flexibility index (Phi) is 2.58. The van der Waals surface area contributed by atoms with Gasteiger partial charge in [-0.2, -0.15) is 0 Å². The average molecular weight is 236 g/mol. The van der Waals surface area contributed by atoms with Crippen LogP contribution in [0.4, 0.5) is 0 Å². The number of hydrogen-bond donors (Lipinski definition) is 1. The van der Waals surface area contributed by atoms with Crippen LogP contribution in [-0.4, -0.2) is 15.4 Å². The number of fused-ring (bicyclic) bond motifs is 1. The molecule has 3 nitrogen and oxygen atoms in total. The van der Waals surface area contributed by atoms with E-state index in [0.717, 1.165) is 22.9 Å². The summed E-state index contributed by atoms with van der Waals surface area (Å²) in [6, 6.07) is 4.51. The van der Waals surface area contributed by atoms with Crippen molar-refractivity contribution in [3.05, 3.63) is 35.2 Å². The predicted octanol–water partition coefficient (Wildman–Crippen LogP) is 2.63. The van der Waals surface area contributed by atoms with E-state index in [9.17, 15) is 0 Å². The highest BCUT2D eigenvalue weighted by Crippen LogP contribution is 2.18. The van der Waals surface area contributed by atoms with E-state index >= 15 is 0 Å². The van der Waals surface area contributed by atoms with Gasteiger partial charge in [-0.05, 0) is 25.0 Å². The SMILES string of the molecule is Clc1ccc2nc(CNC3CCC3)cn2c1. The van der Waals surface area contributed by atoms with Crippen molar-refractivity contribution < 1.29 is 0 Å². The minimum Gasteiger partial charge on any atom is -0.308 e. The van der Waals surface area contributed by atoms with Crippen molar-refractivity contribution in [3.8, 4) is 0 Å². The molecule has 0 bridgehead atoms. The van der Waals surface area contributed by atoms with Crippen molar-refractivity contribution in [2.45, 2.75) is 31.8 Å². The summed E-state index contributed by atoms with van der Waals surface area (Å²) in [5, 5.41) is 4.24. The Morgan fingerprint density at radius 2 is 2.25 bits per heavy atom. The first-order valence-corrected chi connectivity index (χ1v) is 6.05. The summed E-state index contributed by atoms with van der Waals surface area (Å²) in [5.74, 6) is 0. The van der Waals surface area contributed by atoms with Crippen molar-refractivity contribution in [1.82, 2.24) is 14.7 Å². The molecule has 3 rings (SSSR count). The first kappa shape index (κ1) is 10.1. The molecule has 2 heterocycles. The number of aromatic nitrogens is 2. The van der Waals surface area contributed by atoms with Crippen molar-refractivity contribution in [3.63, 3.8) is 0 Å². The maximum Gasteiger partial charge on any atom is 0.137 e. The third kappa shape index (κ3) is 1.93. The van der Waals surface area contributed by atoms with Gasteiger partial charge in [-0.3, -0.25) is 0 Å². The molecule has 2 aromatic heterocycles. The zero-order valence-corrected chi connectivity index (χ0v) is 9.74. The second-order valence-electron chi connectivity index (χ2n) is 4.35. The predicted molar refractivity (Wildman–Crippen MR) is 64.7 cm³/mol. The maximum atomic E-state index is 5.92. The Hall–Kier alpha value is -1.06. The van der Waals surface area contributed by atoms with E-state index in [0.29, 0.717) is 6.04 Å². The highest BCUT2D eigenvalue weighted by molar-refractivity contribution is 6.30. The summed E-state index contributed by atoms with van der Waals surface area (Å²) in [6.07, 6.45) is 7.89. The van der Waals surface area contributed by atoms with Crippen LogP contribution >= 0.6 is 11.6 Å². The van der Waals surface area contributed by atoms with Crippen LogP contribution in [0, 0.1) is 0 Å². The second kappa shape index (κ2) is 4.07. The number of nitrogens with zero attached hydrogens (tertiary/aromatic N) is 2. The highest BCUT2D eigenvalue weighted by Gasteiger charge is 2.16. The third-order valence-electron chi connectivity index (χ3n) is 3.14. The third-order valence-corrected chi connectivity index (χ3v) is 3.37. The number of hydrogen-bond acceptors (Lipinski definition) is 2. The molecule has 0 aromatic carbocycles. The van der Waals surface area contributed by atoms with Gasteiger partial charge in [-0.15, -0.1) is 0 Å². The Morgan fingerprint density at radius 1 is 1.38 bits per heavy atom. The molecular formula is C12H14ClN3. The Bertz CT molecular complexity index is 502. The summed E-state index contributed by atoms with van der Waals surface area (Å²) in [6.45, 7) is 0.851. The van der Waals surface area contributed by atoms with Gasteiger partial charge < -0.3 is 9.72 Å². The molecule has 1 N–H and O–H groups in total. The molecule has 4 heteroatoms. The van der Waals surface area contributed by atoms with Crippen LogP contribution in [0.5, 0.6) is 0 Å². The molecule has 0 amide bonds.